The monoisotopic (exact) mass is 316 g/mol. The van der Waals surface area contributed by atoms with Gasteiger partial charge in [-0.3, -0.25) is 0 Å². The lowest BCUT2D eigenvalue weighted by atomic mass is 9.67. The van der Waals surface area contributed by atoms with Crippen molar-refractivity contribution in [2.75, 3.05) is 0 Å². The molecule has 0 aromatic heterocycles. The van der Waals surface area contributed by atoms with Crippen molar-refractivity contribution in [3.05, 3.63) is 11.6 Å². The van der Waals surface area contributed by atoms with Crippen molar-refractivity contribution in [3.63, 3.8) is 0 Å². The van der Waals surface area contributed by atoms with Crippen molar-refractivity contribution in [1.29, 1.82) is 0 Å². The number of hydrogen-bond acceptors (Lipinski definition) is 0. The van der Waals surface area contributed by atoms with E-state index in [1.807, 2.05) is 13.8 Å². The minimum Gasteiger partial charge on any atom is -0.124 e. The highest BCUT2D eigenvalue weighted by molar-refractivity contribution is 5.17. The SMILES string of the molecule is C#C.C/C=C1/CCC2C(CC3(C)C(C)CCC23)C1CCC.CC. The molecule has 3 aliphatic rings. The van der Waals surface area contributed by atoms with Crippen LogP contribution >= 0.6 is 0 Å². The van der Waals surface area contributed by atoms with E-state index in [9.17, 15) is 0 Å². The van der Waals surface area contributed by atoms with Gasteiger partial charge in [-0.05, 0) is 80.5 Å². The van der Waals surface area contributed by atoms with E-state index in [2.05, 4.69) is 46.6 Å². The summed E-state index contributed by atoms with van der Waals surface area (Å²) in [7, 11) is 0. The number of rotatable bonds is 2. The van der Waals surface area contributed by atoms with Crippen LogP contribution in [0.1, 0.15) is 86.5 Å². The quantitative estimate of drug-likeness (QED) is 0.376. The van der Waals surface area contributed by atoms with Gasteiger partial charge in [-0.15, -0.1) is 12.8 Å². The van der Waals surface area contributed by atoms with Crippen LogP contribution in [0.25, 0.3) is 0 Å². The maximum Gasteiger partial charge on any atom is -0.0172 e. The average Bonchev–Trinajstić information content (AvgIpc) is 3.05. The second-order valence-corrected chi connectivity index (χ2v) is 7.92. The Morgan fingerprint density at radius 3 is 2.35 bits per heavy atom. The fourth-order valence-electron chi connectivity index (χ4n) is 6.19. The first-order chi connectivity index (χ1) is 11.1. The number of fused-ring (bicyclic) bond motifs is 3. The van der Waals surface area contributed by atoms with Gasteiger partial charge in [0.25, 0.3) is 0 Å². The minimum atomic E-state index is 0.685. The van der Waals surface area contributed by atoms with E-state index < -0.39 is 0 Å². The molecule has 6 unspecified atom stereocenters. The fraction of sp³-hybridized carbons (Fsp3) is 0.826. The molecule has 0 heterocycles. The first-order valence-corrected chi connectivity index (χ1v) is 10.1. The van der Waals surface area contributed by atoms with Crippen molar-refractivity contribution in [1.82, 2.24) is 0 Å². The molecule has 132 valence electrons. The molecule has 3 rings (SSSR count). The molecule has 0 heteroatoms. The van der Waals surface area contributed by atoms with E-state index in [4.69, 9.17) is 0 Å². The van der Waals surface area contributed by atoms with Crippen molar-refractivity contribution < 1.29 is 0 Å². The third-order valence-electron chi connectivity index (χ3n) is 7.36. The van der Waals surface area contributed by atoms with Gasteiger partial charge in [-0.2, -0.15) is 0 Å². The molecule has 0 radical (unpaired) electrons. The fourth-order valence-corrected chi connectivity index (χ4v) is 6.19. The molecule has 0 saturated heterocycles. The highest BCUT2D eigenvalue weighted by Gasteiger charge is 2.58. The Morgan fingerprint density at radius 2 is 1.78 bits per heavy atom. The molecule has 0 bridgehead atoms. The van der Waals surface area contributed by atoms with Crippen LogP contribution in [0.15, 0.2) is 11.6 Å². The summed E-state index contributed by atoms with van der Waals surface area (Å²) in [4.78, 5) is 0. The first-order valence-electron chi connectivity index (χ1n) is 10.1. The van der Waals surface area contributed by atoms with E-state index in [-0.39, 0.29) is 0 Å². The molecule has 3 aliphatic carbocycles. The Kier molecular flexibility index (Phi) is 7.93. The van der Waals surface area contributed by atoms with Gasteiger partial charge in [0.05, 0.1) is 0 Å². The Balaban J connectivity index is 0.000000615. The van der Waals surface area contributed by atoms with Crippen LogP contribution in [0.4, 0.5) is 0 Å². The zero-order valence-electron chi connectivity index (χ0n) is 16.6. The molecular weight excluding hydrogens is 276 g/mol. The maximum atomic E-state index is 4.00. The molecule has 0 aromatic carbocycles. The normalized spacial score (nSPS) is 42.8. The summed E-state index contributed by atoms with van der Waals surface area (Å²) >= 11 is 0. The van der Waals surface area contributed by atoms with Gasteiger partial charge in [-0.25, -0.2) is 0 Å². The molecule has 0 aromatic rings. The van der Waals surface area contributed by atoms with Gasteiger partial charge in [0.2, 0.25) is 0 Å². The lowest BCUT2D eigenvalue weighted by Gasteiger charge is -2.38. The average molecular weight is 317 g/mol. The van der Waals surface area contributed by atoms with E-state index in [1.165, 1.54) is 44.9 Å². The molecule has 0 aliphatic heterocycles. The highest BCUT2D eigenvalue weighted by Crippen LogP contribution is 2.66. The molecule has 0 spiro atoms. The Morgan fingerprint density at radius 1 is 1.13 bits per heavy atom. The summed E-state index contributed by atoms with van der Waals surface area (Å²) < 4.78 is 0. The molecule has 3 saturated carbocycles. The number of terminal acetylenes is 1. The van der Waals surface area contributed by atoms with Gasteiger partial charge in [0.15, 0.2) is 0 Å². The molecule has 0 N–H and O–H groups in total. The third-order valence-corrected chi connectivity index (χ3v) is 7.36. The van der Waals surface area contributed by atoms with Gasteiger partial charge < -0.3 is 0 Å². The predicted octanol–water partition coefficient (Wildman–Crippen LogP) is 7.11. The standard InChI is InChI=1S/C19H32.C2H6.C2H2/c1-5-7-15-14(6-2)9-10-16-17(15)12-19(4)13(3)8-11-18(16)19;2*1-2/h6,13,15-18H,5,7-12H2,1-4H3;1-2H3;1-2H/b14-6-;;. The van der Waals surface area contributed by atoms with Crippen LogP contribution < -0.4 is 0 Å². The van der Waals surface area contributed by atoms with E-state index in [0.29, 0.717) is 5.41 Å². The lowest BCUT2D eigenvalue weighted by molar-refractivity contribution is 0.174. The molecule has 0 nitrogen and oxygen atoms in total. The van der Waals surface area contributed by atoms with E-state index >= 15 is 0 Å². The van der Waals surface area contributed by atoms with Crippen LogP contribution in [0.5, 0.6) is 0 Å². The van der Waals surface area contributed by atoms with Gasteiger partial charge in [0.1, 0.15) is 0 Å². The second-order valence-electron chi connectivity index (χ2n) is 7.92. The largest absolute Gasteiger partial charge is 0.124 e. The van der Waals surface area contributed by atoms with Crippen LogP contribution in [-0.4, -0.2) is 0 Å². The topological polar surface area (TPSA) is 0 Å². The third kappa shape index (κ3) is 3.55. The Hall–Kier alpha value is -0.700. The summed E-state index contributed by atoms with van der Waals surface area (Å²) in [6.07, 6.45) is 20.7. The summed E-state index contributed by atoms with van der Waals surface area (Å²) in [5, 5.41) is 0. The van der Waals surface area contributed by atoms with Crippen molar-refractivity contribution in [2.45, 2.75) is 86.5 Å². The zero-order valence-corrected chi connectivity index (χ0v) is 16.6. The minimum absolute atomic E-state index is 0.685. The van der Waals surface area contributed by atoms with Crippen molar-refractivity contribution >= 4 is 0 Å². The molecular formula is C23H40. The summed E-state index contributed by atoms with van der Waals surface area (Å²) in [6, 6.07) is 0. The Labute approximate surface area is 146 Å². The summed E-state index contributed by atoms with van der Waals surface area (Å²) in [6.45, 7) is 13.8. The van der Waals surface area contributed by atoms with Crippen molar-refractivity contribution in [2.24, 2.45) is 35.0 Å². The smallest absolute Gasteiger partial charge is 0.0172 e. The second kappa shape index (κ2) is 8.96. The zero-order chi connectivity index (χ0) is 17.6. The van der Waals surface area contributed by atoms with Gasteiger partial charge in [-0.1, -0.05) is 52.7 Å². The lowest BCUT2D eigenvalue weighted by Crippen LogP contribution is -2.29. The maximum absolute atomic E-state index is 4.00. The number of allylic oxidation sites excluding steroid dienone is 2. The highest BCUT2D eigenvalue weighted by atomic mass is 14.6. The molecule has 0 amide bonds. The molecule has 6 atom stereocenters. The van der Waals surface area contributed by atoms with E-state index in [0.717, 1.165) is 29.6 Å². The summed E-state index contributed by atoms with van der Waals surface area (Å²) in [5.41, 5.74) is 2.49. The molecule has 23 heavy (non-hydrogen) atoms. The van der Waals surface area contributed by atoms with Gasteiger partial charge >= 0.3 is 0 Å². The van der Waals surface area contributed by atoms with Crippen LogP contribution in [0.3, 0.4) is 0 Å². The number of hydrogen-bond donors (Lipinski definition) is 0. The van der Waals surface area contributed by atoms with Crippen LogP contribution in [0.2, 0.25) is 0 Å². The van der Waals surface area contributed by atoms with Crippen molar-refractivity contribution in [3.8, 4) is 12.8 Å². The molecule has 3 fully saturated rings. The Bertz CT molecular complexity index is 402. The predicted molar refractivity (Wildman–Crippen MR) is 104 cm³/mol. The van der Waals surface area contributed by atoms with Crippen LogP contribution in [-0.2, 0) is 0 Å². The van der Waals surface area contributed by atoms with Gasteiger partial charge in [0, 0.05) is 0 Å². The van der Waals surface area contributed by atoms with E-state index in [1.54, 1.807) is 5.57 Å². The van der Waals surface area contributed by atoms with Crippen LogP contribution in [0, 0.1) is 47.9 Å². The first kappa shape index (κ1) is 20.3. The summed E-state index contributed by atoms with van der Waals surface area (Å²) in [5.74, 6) is 5.06.